The molecule has 0 saturated carbocycles. The van der Waals surface area contributed by atoms with E-state index in [1.54, 1.807) is 12.2 Å². The normalized spacial score (nSPS) is 15.0. The van der Waals surface area contributed by atoms with E-state index < -0.39 is 0 Å². The summed E-state index contributed by atoms with van der Waals surface area (Å²) in [5, 5.41) is 0. The molecule has 0 nitrogen and oxygen atoms in total. The summed E-state index contributed by atoms with van der Waals surface area (Å²) in [6.45, 7) is 38.2. The molecule has 0 atom stereocenters. The standard InChI is InChI=1S/C29H36/c1-13-19-21(8)23(10)27(16-4)29(18-6)25(12)24(11)28(17-5)26(15-3)22(9)20(7)14-2/h13-19H,1-7H2,8-12H3/b21-19+,26-22+,27-23+,28-24+,29-25+. The van der Waals surface area contributed by atoms with Crippen molar-refractivity contribution in [2.24, 2.45) is 0 Å². The van der Waals surface area contributed by atoms with Gasteiger partial charge in [-0.2, -0.15) is 0 Å². The number of hydrogen-bond acceptors (Lipinski definition) is 0. The lowest BCUT2D eigenvalue weighted by Gasteiger charge is -2.18. The average Bonchev–Trinajstić information content (AvgIpc) is 2.73. The maximum Gasteiger partial charge on any atom is -0.0152 e. The Morgan fingerprint density at radius 3 is 1.14 bits per heavy atom. The van der Waals surface area contributed by atoms with Gasteiger partial charge in [0.15, 0.2) is 0 Å². The van der Waals surface area contributed by atoms with Gasteiger partial charge in [0.1, 0.15) is 0 Å². The minimum Gasteiger partial charge on any atom is -0.0991 e. The Hall–Kier alpha value is -3.12. The van der Waals surface area contributed by atoms with E-state index >= 15 is 0 Å². The van der Waals surface area contributed by atoms with Gasteiger partial charge in [0.25, 0.3) is 0 Å². The molecular formula is C29H36. The topological polar surface area (TPSA) is 0 Å². The van der Waals surface area contributed by atoms with Crippen LogP contribution in [0.2, 0.25) is 0 Å². The summed E-state index contributed by atoms with van der Waals surface area (Å²) in [4.78, 5) is 0. The van der Waals surface area contributed by atoms with Gasteiger partial charge in [-0.05, 0) is 90.3 Å². The van der Waals surface area contributed by atoms with Crippen LogP contribution in [0.3, 0.4) is 0 Å². The number of rotatable bonds is 11. The molecule has 0 unspecified atom stereocenters. The summed E-state index contributed by atoms with van der Waals surface area (Å²) in [5.74, 6) is 0. The van der Waals surface area contributed by atoms with Crippen molar-refractivity contribution in [3.05, 3.63) is 144 Å². The fourth-order valence-electron chi connectivity index (χ4n) is 3.10. The van der Waals surface area contributed by atoms with Gasteiger partial charge in [-0.1, -0.05) is 88.6 Å². The predicted molar refractivity (Wildman–Crippen MR) is 135 cm³/mol. The Morgan fingerprint density at radius 2 is 0.828 bits per heavy atom. The molecule has 0 amide bonds. The van der Waals surface area contributed by atoms with Gasteiger partial charge in [-0.25, -0.2) is 0 Å². The van der Waals surface area contributed by atoms with Crippen molar-refractivity contribution >= 4 is 0 Å². The van der Waals surface area contributed by atoms with Gasteiger partial charge in [-0.15, -0.1) is 0 Å². The van der Waals surface area contributed by atoms with E-state index in [0.29, 0.717) is 0 Å². The summed E-state index contributed by atoms with van der Waals surface area (Å²) >= 11 is 0. The average molecular weight is 385 g/mol. The third-order valence-corrected chi connectivity index (χ3v) is 5.26. The van der Waals surface area contributed by atoms with Crippen LogP contribution in [0.5, 0.6) is 0 Å². The molecule has 29 heavy (non-hydrogen) atoms. The van der Waals surface area contributed by atoms with Crippen LogP contribution >= 0.6 is 0 Å². The Bertz CT molecular complexity index is 896. The minimum absolute atomic E-state index is 0.866. The van der Waals surface area contributed by atoms with E-state index in [1.165, 1.54) is 0 Å². The van der Waals surface area contributed by atoms with Gasteiger partial charge in [0.2, 0.25) is 0 Å². The molecule has 0 radical (unpaired) electrons. The molecule has 0 rings (SSSR count). The highest BCUT2D eigenvalue weighted by atomic mass is 14.2. The Balaban J connectivity index is 7.15. The van der Waals surface area contributed by atoms with Crippen molar-refractivity contribution in [3.8, 4) is 0 Å². The van der Waals surface area contributed by atoms with Crippen molar-refractivity contribution in [1.29, 1.82) is 0 Å². The lowest BCUT2D eigenvalue weighted by molar-refractivity contribution is 1.22. The maximum absolute atomic E-state index is 4.07. The third kappa shape index (κ3) is 6.19. The highest BCUT2D eigenvalue weighted by Crippen LogP contribution is 2.32. The van der Waals surface area contributed by atoms with E-state index in [-0.39, 0.29) is 0 Å². The minimum atomic E-state index is 0.866. The first-order valence-electron chi connectivity index (χ1n) is 9.62. The molecule has 0 aliphatic rings. The zero-order valence-electron chi connectivity index (χ0n) is 19.0. The van der Waals surface area contributed by atoms with Gasteiger partial charge in [0, 0.05) is 0 Å². The Morgan fingerprint density at radius 1 is 0.483 bits per heavy atom. The summed E-state index contributed by atoms with van der Waals surface area (Å²) in [5.41, 5.74) is 10.5. The molecule has 0 fully saturated rings. The molecule has 0 aliphatic carbocycles. The summed E-state index contributed by atoms with van der Waals surface area (Å²) in [7, 11) is 0. The van der Waals surface area contributed by atoms with Crippen molar-refractivity contribution in [3.63, 3.8) is 0 Å². The van der Waals surface area contributed by atoms with Gasteiger partial charge in [0.05, 0.1) is 0 Å². The molecule has 0 heterocycles. The van der Waals surface area contributed by atoms with Crippen LogP contribution in [0.4, 0.5) is 0 Å². The van der Waals surface area contributed by atoms with E-state index in [1.807, 2.05) is 37.3 Å². The molecule has 0 aliphatic heterocycles. The first-order chi connectivity index (χ1) is 13.7. The third-order valence-electron chi connectivity index (χ3n) is 5.26. The van der Waals surface area contributed by atoms with Crippen molar-refractivity contribution in [2.75, 3.05) is 0 Å². The van der Waals surface area contributed by atoms with Gasteiger partial charge >= 0.3 is 0 Å². The van der Waals surface area contributed by atoms with E-state index in [4.69, 9.17) is 0 Å². The Labute approximate surface area is 179 Å². The molecular weight excluding hydrogens is 348 g/mol. The maximum atomic E-state index is 4.07. The smallest absolute Gasteiger partial charge is 0.0152 e. The van der Waals surface area contributed by atoms with Crippen LogP contribution in [0.25, 0.3) is 0 Å². The molecule has 0 N–H and O–H groups in total. The van der Waals surface area contributed by atoms with E-state index in [2.05, 4.69) is 73.7 Å². The second kappa shape index (κ2) is 12.4. The second-order valence-corrected chi connectivity index (χ2v) is 6.79. The largest absolute Gasteiger partial charge is 0.0991 e. The first-order valence-corrected chi connectivity index (χ1v) is 9.62. The highest BCUT2D eigenvalue weighted by molar-refractivity contribution is 5.63. The summed E-state index contributed by atoms with van der Waals surface area (Å²) < 4.78 is 0. The van der Waals surface area contributed by atoms with Crippen molar-refractivity contribution < 1.29 is 0 Å². The predicted octanol–water partition coefficient (Wildman–Crippen LogP) is 8.87. The fraction of sp³-hybridized carbons (Fsp3) is 0.172. The molecule has 0 saturated heterocycles. The van der Waals surface area contributed by atoms with Gasteiger partial charge in [-0.3, -0.25) is 0 Å². The zero-order valence-corrected chi connectivity index (χ0v) is 19.0. The second-order valence-electron chi connectivity index (χ2n) is 6.79. The van der Waals surface area contributed by atoms with E-state index in [9.17, 15) is 0 Å². The van der Waals surface area contributed by atoms with E-state index in [0.717, 1.165) is 55.7 Å². The summed E-state index contributed by atoms with van der Waals surface area (Å²) in [6.07, 6.45) is 13.0. The number of hydrogen-bond donors (Lipinski definition) is 0. The SMILES string of the molecule is C=C/C=C(C)/C(C)=C(C=C)/C(C=C)=C(C)/C(C)=C(C=C)/C(C=C)=C(\C)C(=C)C=C. The van der Waals surface area contributed by atoms with Crippen LogP contribution < -0.4 is 0 Å². The van der Waals surface area contributed by atoms with Crippen LogP contribution in [0.15, 0.2) is 144 Å². The monoisotopic (exact) mass is 384 g/mol. The molecule has 0 aromatic carbocycles. The van der Waals surface area contributed by atoms with Crippen LogP contribution in [0.1, 0.15) is 34.6 Å². The highest BCUT2D eigenvalue weighted by Gasteiger charge is 2.13. The molecule has 0 heteroatoms. The molecule has 0 spiro atoms. The quantitative estimate of drug-likeness (QED) is 0.312. The molecule has 0 aromatic heterocycles. The fourth-order valence-corrected chi connectivity index (χ4v) is 3.10. The molecule has 152 valence electrons. The van der Waals surface area contributed by atoms with Gasteiger partial charge < -0.3 is 0 Å². The lowest BCUT2D eigenvalue weighted by Crippen LogP contribution is -1.99. The van der Waals surface area contributed by atoms with Crippen LogP contribution in [-0.2, 0) is 0 Å². The van der Waals surface area contributed by atoms with Crippen LogP contribution in [-0.4, -0.2) is 0 Å². The summed E-state index contributed by atoms with van der Waals surface area (Å²) in [6, 6.07) is 0. The molecule has 0 aromatic rings. The zero-order chi connectivity index (χ0) is 22.7. The first kappa shape index (κ1) is 25.9. The van der Waals surface area contributed by atoms with Crippen molar-refractivity contribution in [1.82, 2.24) is 0 Å². The van der Waals surface area contributed by atoms with Crippen LogP contribution in [0, 0.1) is 0 Å². The lowest BCUT2D eigenvalue weighted by atomic mass is 9.86. The van der Waals surface area contributed by atoms with Crippen molar-refractivity contribution in [2.45, 2.75) is 34.6 Å². The number of allylic oxidation sites excluding steroid dienone is 17. The Kier molecular flexibility index (Phi) is 11.0. The molecule has 0 bridgehead atoms.